The molecular weight excluding hydrogens is 234 g/mol. The molecule has 1 saturated heterocycles. The standard InChI is InChI=1S/C12H15N3O3/c13-10-3-1-2-9(11(10)17)12(18)15-6-4-14(8-16)5-7-15/h1-3,8,17H,4-7,13H2. The second-order valence-electron chi connectivity index (χ2n) is 4.18. The normalized spacial score (nSPS) is 15.6. The molecule has 6 nitrogen and oxygen atoms in total. The summed E-state index contributed by atoms with van der Waals surface area (Å²) in [5, 5.41) is 9.76. The first-order valence-electron chi connectivity index (χ1n) is 5.69. The molecule has 0 spiro atoms. The zero-order chi connectivity index (χ0) is 13.1. The van der Waals surface area contributed by atoms with E-state index in [1.807, 2.05) is 0 Å². The van der Waals surface area contributed by atoms with Crippen LogP contribution in [0.1, 0.15) is 10.4 Å². The van der Waals surface area contributed by atoms with E-state index in [0.717, 1.165) is 6.41 Å². The van der Waals surface area contributed by atoms with E-state index in [9.17, 15) is 14.7 Å². The molecule has 3 N–H and O–H groups in total. The number of hydrogen-bond donors (Lipinski definition) is 2. The average Bonchev–Trinajstić information content (AvgIpc) is 2.41. The van der Waals surface area contributed by atoms with E-state index in [0.29, 0.717) is 26.2 Å². The van der Waals surface area contributed by atoms with Crippen molar-refractivity contribution in [2.45, 2.75) is 0 Å². The van der Waals surface area contributed by atoms with Crippen LogP contribution in [0.15, 0.2) is 18.2 Å². The minimum Gasteiger partial charge on any atom is -0.505 e. The largest absolute Gasteiger partial charge is 0.505 e. The molecular formula is C12H15N3O3. The lowest BCUT2D eigenvalue weighted by atomic mass is 10.1. The Morgan fingerprint density at radius 2 is 1.94 bits per heavy atom. The maximum atomic E-state index is 12.2. The van der Waals surface area contributed by atoms with Gasteiger partial charge in [-0.3, -0.25) is 9.59 Å². The van der Waals surface area contributed by atoms with Crippen molar-refractivity contribution in [2.75, 3.05) is 31.9 Å². The Balaban J connectivity index is 2.12. The highest BCUT2D eigenvalue weighted by Crippen LogP contribution is 2.25. The maximum absolute atomic E-state index is 12.2. The van der Waals surface area contributed by atoms with Crippen molar-refractivity contribution in [1.82, 2.24) is 9.80 Å². The summed E-state index contributed by atoms with van der Waals surface area (Å²) in [5.41, 5.74) is 5.95. The average molecular weight is 249 g/mol. The van der Waals surface area contributed by atoms with Gasteiger partial charge in [0, 0.05) is 26.2 Å². The van der Waals surface area contributed by atoms with E-state index in [-0.39, 0.29) is 22.9 Å². The quantitative estimate of drug-likeness (QED) is 0.435. The van der Waals surface area contributed by atoms with Crippen LogP contribution in [-0.2, 0) is 4.79 Å². The second-order valence-corrected chi connectivity index (χ2v) is 4.18. The van der Waals surface area contributed by atoms with Crippen molar-refractivity contribution in [3.8, 4) is 5.75 Å². The van der Waals surface area contributed by atoms with Crippen LogP contribution in [0.25, 0.3) is 0 Å². The Bertz CT molecular complexity index is 468. The predicted molar refractivity (Wildman–Crippen MR) is 66.1 cm³/mol. The molecule has 0 aromatic heterocycles. The van der Waals surface area contributed by atoms with Crippen LogP contribution in [-0.4, -0.2) is 53.4 Å². The van der Waals surface area contributed by atoms with Crippen molar-refractivity contribution in [3.05, 3.63) is 23.8 Å². The van der Waals surface area contributed by atoms with Crippen LogP contribution in [0.4, 0.5) is 5.69 Å². The third kappa shape index (κ3) is 2.22. The van der Waals surface area contributed by atoms with E-state index >= 15 is 0 Å². The number of benzene rings is 1. The number of nitrogens with two attached hydrogens (primary N) is 1. The summed E-state index contributed by atoms with van der Waals surface area (Å²) in [6.07, 6.45) is 0.778. The number of rotatable bonds is 2. The molecule has 1 aromatic rings. The van der Waals surface area contributed by atoms with E-state index in [2.05, 4.69) is 0 Å². The van der Waals surface area contributed by atoms with Crippen molar-refractivity contribution in [2.24, 2.45) is 0 Å². The topological polar surface area (TPSA) is 86.9 Å². The maximum Gasteiger partial charge on any atom is 0.257 e. The number of phenols is 1. The van der Waals surface area contributed by atoms with Gasteiger partial charge in [0.1, 0.15) is 0 Å². The van der Waals surface area contributed by atoms with Gasteiger partial charge in [-0.25, -0.2) is 0 Å². The first-order valence-corrected chi connectivity index (χ1v) is 5.69. The Hall–Kier alpha value is -2.24. The molecule has 0 bridgehead atoms. The Morgan fingerprint density at radius 3 is 2.56 bits per heavy atom. The van der Waals surface area contributed by atoms with E-state index in [1.54, 1.807) is 21.9 Å². The fourth-order valence-electron chi connectivity index (χ4n) is 1.93. The zero-order valence-corrected chi connectivity index (χ0v) is 9.87. The van der Waals surface area contributed by atoms with Crippen molar-refractivity contribution >= 4 is 18.0 Å². The lowest BCUT2D eigenvalue weighted by Crippen LogP contribution is -2.48. The number of carbonyl (C=O) groups excluding carboxylic acids is 2. The van der Waals surface area contributed by atoms with Gasteiger partial charge in [0.15, 0.2) is 5.75 Å². The molecule has 1 fully saturated rings. The fourth-order valence-corrected chi connectivity index (χ4v) is 1.93. The molecule has 0 radical (unpaired) electrons. The number of nitrogen functional groups attached to an aromatic ring is 1. The molecule has 6 heteroatoms. The summed E-state index contributed by atoms with van der Waals surface area (Å²) in [6, 6.07) is 4.71. The molecule has 0 atom stereocenters. The predicted octanol–water partition coefficient (Wildman–Crippen LogP) is -0.111. The number of anilines is 1. The minimum absolute atomic E-state index is 0.180. The molecule has 2 rings (SSSR count). The number of amides is 2. The molecule has 0 saturated carbocycles. The molecule has 2 amide bonds. The first kappa shape index (κ1) is 12.2. The monoisotopic (exact) mass is 249 g/mol. The van der Waals surface area contributed by atoms with Gasteiger partial charge in [0.25, 0.3) is 5.91 Å². The van der Waals surface area contributed by atoms with E-state index in [4.69, 9.17) is 5.73 Å². The number of piperazine rings is 1. The van der Waals surface area contributed by atoms with Crippen molar-refractivity contribution in [1.29, 1.82) is 0 Å². The van der Waals surface area contributed by atoms with Gasteiger partial charge in [-0.1, -0.05) is 6.07 Å². The first-order chi connectivity index (χ1) is 8.63. The van der Waals surface area contributed by atoms with Gasteiger partial charge in [-0.05, 0) is 12.1 Å². The third-order valence-corrected chi connectivity index (χ3v) is 3.05. The summed E-state index contributed by atoms with van der Waals surface area (Å²) in [6.45, 7) is 1.95. The zero-order valence-electron chi connectivity index (χ0n) is 9.87. The number of nitrogens with zero attached hydrogens (tertiary/aromatic N) is 2. The summed E-state index contributed by atoms with van der Waals surface area (Å²) in [5.74, 6) is -0.439. The highest BCUT2D eigenvalue weighted by atomic mass is 16.3. The van der Waals surface area contributed by atoms with Crippen LogP contribution < -0.4 is 5.73 Å². The van der Waals surface area contributed by atoms with Crippen molar-refractivity contribution < 1.29 is 14.7 Å². The van der Waals surface area contributed by atoms with Gasteiger partial charge in [-0.2, -0.15) is 0 Å². The molecule has 18 heavy (non-hydrogen) atoms. The fraction of sp³-hybridized carbons (Fsp3) is 0.333. The third-order valence-electron chi connectivity index (χ3n) is 3.05. The lowest BCUT2D eigenvalue weighted by Gasteiger charge is -2.32. The van der Waals surface area contributed by atoms with Crippen LogP contribution >= 0.6 is 0 Å². The summed E-state index contributed by atoms with van der Waals surface area (Å²) >= 11 is 0. The van der Waals surface area contributed by atoms with E-state index < -0.39 is 0 Å². The summed E-state index contributed by atoms with van der Waals surface area (Å²) in [4.78, 5) is 26.0. The highest BCUT2D eigenvalue weighted by molar-refractivity contribution is 5.98. The summed E-state index contributed by atoms with van der Waals surface area (Å²) in [7, 11) is 0. The van der Waals surface area contributed by atoms with Crippen LogP contribution in [0.3, 0.4) is 0 Å². The van der Waals surface area contributed by atoms with Crippen LogP contribution in [0, 0.1) is 0 Å². The molecule has 1 heterocycles. The molecule has 1 aliphatic rings. The number of phenolic OH excluding ortho intramolecular Hbond substituents is 1. The minimum atomic E-state index is -0.259. The molecule has 0 aliphatic carbocycles. The molecule has 96 valence electrons. The molecule has 1 aliphatic heterocycles. The second kappa shape index (κ2) is 4.95. The summed E-state index contributed by atoms with van der Waals surface area (Å²) < 4.78 is 0. The number of carbonyl (C=O) groups is 2. The SMILES string of the molecule is Nc1cccc(C(=O)N2CCN(C=O)CC2)c1O. The van der Waals surface area contributed by atoms with Gasteiger partial charge >= 0.3 is 0 Å². The van der Waals surface area contributed by atoms with Gasteiger partial charge in [-0.15, -0.1) is 0 Å². The van der Waals surface area contributed by atoms with Crippen LogP contribution in [0.5, 0.6) is 5.75 Å². The smallest absolute Gasteiger partial charge is 0.257 e. The number of aromatic hydroxyl groups is 1. The van der Waals surface area contributed by atoms with Crippen LogP contribution in [0.2, 0.25) is 0 Å². The lowest BCUT2D eigenvalue weighted by molar-refractivity contribution is -0.119. The highest BCUT2D eigenvalue weighted by Gasteiger charge is 2.23. The van der Waals surface area contributed by atoms with Gasteiger partial charge in [0.2, 0.25) is 6.41 Å². The Labute approximate surface area is 105 Å². The van der Waals surface area contributed by atoms with E-state index in [1.165, 1.54) is 6.07 Å². The molecule has 1 aromatic carbocycles. The van der Waals surface area contributed by atoms with Gasteiger partial charge in [0.05, 0.1) is 11.3 Å². The number of para-hydroxylation sites is 1. The molecule has 0 unspecified atom stereocenters. The Morgan fingerprint density at radius 1 is 1.28 bits per heavy atom. The van der Waals surface area contributed by atoms with Crippen molar-refractivity contribution in [3.63, 3.8) is 0 Å². The number of hydrogen-bond acceptors (Lipinski definition) is 4. The Kier molecular flexibility index (Phi) is 3.36. The van der Waals surface area contributed by atoms with Gasteiger partial charge < -0.3 is 20.6 Å².